The first-order valence-corrected chi connectivity index (χ1v) is 7.96. The molecule has 0 saturated carbocycles. The number of fused-ring (bicyclic) bond motifs is 1. The first kappa shape index (κ1) is 15.1. The molecule has 0 aliphatic heterocycles. The van der Waals surface area contributed by atoms with E-state index in [-0.39, 0.29) is 6.42 Å². The zero-order chi connectivity index (χ0) is 17.2. The molecule has 4 rings (SSSR count). The number of hydrogen-bond donors (Lipinski definition) is 1. The molecule has 1 aromatic heterocycles. The summed E-state index contributed by atoms with van der Waals surface area (Å²) in [6.07, 6.45) is 0.00821. The highest BCUT2D eigenvalue weighted by atomic mass is 16.4. The van der Waals surface area contributed by atoms with Crippen LogP contribution in [0, 0.1) is 0 Å². The molecular formula is C21H15NO3. The number of aromatic nitrogens is 1. The van der Waals surface area contributed by atoms with Crippen molar-refractivity contribution < 1.29 is 14.3 Å². The molecule has 4 nitrogen and oxygen atoms in total. The number of hydrogen-bond acceptors (Lipinski definition) is 3. The summed E-state index contributed by atoms with van der Waals surface area (Å²) in [6, 6.07) is 23.3. The number of carboxylic acids is 1. The summed E-state index contributed by atoms with van der Waals surface area (Å²) in [5, 5.41) is 8.84. The molecule has 25 heavy (non-hydrogen) atoms. The Morgan fingerprint density at radius 3 is 2.32 bits per heavy atom. The number of aliphatic carboxylic acids is 1. The molecular weight excluding hydrogens is 314 g/mol. The van der Waals surface area contributed by atoms with Gasteiger partial charge in [-0.15, -0.1) is 0 Å². The van der Waals surface area contributed by atoms with Gasteiger partial charge in [0.2, 0.25) is 5.89 Å². The number of nitrogens with zero attached hydrogens (tertiary/aromatic N) is 1. The van der Waals surface area contributed by atoms with Gasteiger partial charge in [0.1, 0.15) is 5.52 Å². The molecule has 0 spiro atoms. The summed E-state index contributed by atoms with van der Waals surface area (Å²) in [5.74, 6) is -0.315. The Balaban J connectivity index is 1.68. The van der Waals surface area contributed by atoms with Crippen molar-refractivity contribution in [3.63, 3.8) is 0 Å². The van der Waals surface area contributed by atoms with Crippen LogP contribution in [-0.2, 0) is 11.2 Å². The molecule has 3 aromatic carbocycles. The number of rotatable bonds is 4. The van der Waals surface area contributed by atoms with Gasteiger partial charge in [0.25, 0.3) is 0 Å². The fourth-order valence-corrected chi connectivity index (χ4v) is 2.80. The molecule has 0 unspecified atom stereocenters. The molecule has 0 bridgehead atoms. The number of benzene rings is 3. The SMILES string of the molecule is O=C(O)Cc1ccc(-c2nc3cc(-c4ccccc4)ccc3o2)cc1. The van der Waals surface area contributed by atoms with Crippen LogP contribution in [0.15, 0.2) is 77.2 Å². The molecule has 1 N–H and O–H groups in total. The predicted molar refractivity (Wildman–Crippen MR) is 96.2 cm³/mol. The molecule has 0 aliphatic rings. The van der Waals surface area contributed by atoms with Crippen molar-refractivity contribution >= 4 is 17.1 Å². The summed E-state index contributed by atoms with van der Waals surface area (Å²) in [5.41, 5.74) is 5.32. The Bertz CT molecular complexity index is 1030. The molecule has 0 saturated heterocycles. The first-order chi connectivity index (χ1) is 12.2. The van der Waals surface area contributed by atoms with Gasteiger partial charge in [-0.1, -0.05) is 48.5 Å². The fraction of sp³-hybridized carbons (Fsp3) is 0.0476. The maximum Gasteiger partial charge on any atom is 0.307 e. The number of carboxylic acid groups (broad SMARTS) is 1. The molecule has 0 fully saturated rings. The van der Waals surface area contributed by atoms with E-state index >= 15 is 0 Å². The first-order valence-electron chi connectivity index (χ1n) is 7.96. The monoisotopic (exact) mass is 329 g/mol. The molecule has 4 heteroatoms. The van der Waals surface area contributed by atoms with Gasteiger partial charge < -0.3 is 9.52 Å². The van der Waals surface area contributed by atoms with E-state index in [0.29, 0.717) is 5.89 Å². The van der Waals surface area contributed by atoms with Gasteiger partial charge in [-0.3, -0.25) is 4.79 Å². The highest BCUT2D eigenvalue weighted by molar-refractivity contribution is 5.82. The third kappa shape index (κ3) is 3.15. The minimum absolute atomic E-state index is 0.00821. The smallest absolute Gasteiger partial charge is 0.307 e. The molecule has 0 aliphatic carbocycles. The Kier molecular flexibility index (Phi) is 3.78. The van der Waals surface area contributed by atoms with E-state index in [4.69, 9.17) is 9.52 Å². The quantitative estimate of drug-likeness (QED) is 0.585. The van der Waals surface area contributed by atoms with E-state index in [1.807, 2.05) is 48.5 Å². The standard InChI is InChI=1S/C21H15NO3/c23-20(24)12-14-6-8-16(9-7-14)21-22-18-13-17(10-11-19(18)25-21)15-4-2-1-3-5-15/h1-11,13H,12H2,(H,23,24). The summed E-state index contributed by atoms with van der Waals surface area (Å²) in [6.45, 7) is 0. The summed E-state index contributed by atoms with van der Waals surface area (Å²) in [4.78, 5) is 15.3. The lowest BCUT2D eigenvalue weighted by atomic mass is 10.1. The van der Waals surface area contributed by atoms with Crippen molar-refractivity contribution in [3.05, 3.63) is 78.4 Å². The minimum atomic E-state index is -0.844. The fourth-order valence-electron chi connectivity index (χ4n) is 2.80. The van der Waals surface area contributed by atoms with Crippen LogP contribution in [0.3, 0.4) is 0 Å². The molecule has 0 atom stereocenters. The Morgan fingerprint density at radius 1 is 0.880 bits per heavy atom. The summed E-state index contributed by atoms with van der Waals surface area (Å²) in [7, 11) is 0. The van der Waals surface area contributed by atoms with Crippen LogP contribution in [0.1, 0.15) is 5.56 Å². The van der Waals surface area contributed by atoms with Gasteiger partial charge in [-0.05, 0) is 41.0 Å². The van der Waals surface area contributed by atoms with Gasteiger partial charge in [0.15, 0.2) is 5.58 Å². The Morgan fingerprint density at radius 2 is 1.60 bits per heavy atom. The second-order valence-corrected chi connectivity index (χ2v) is 5.83. The highest BCUT2D eigenvalue weighted by Crippen LogP contribution is 2.28. The molecule has 0 amide bonds. The van der Waals surface area contributed by atoms with Crippen molar-refractivity contribution in [3.8, 4) is 22.6 Å². The van der Waals surface area contributed by atoms with Crippen LogP contribution in [0.5, 0.6) is 0 Å². The predicted octanol–water partition coefficient (Wildman–Crippen LogP) is 4.79. The van der Waals surface area contributed by atoms with E-state index in [2.05, 4.69) is 17.1 Å². The van der Waals surface area contributed by atoms with Crippen LogP contribution in [0.4, 0.5) is 0 Å². The molecule has 1 heterocycles. The molecule has 0 radical (unpaired) electrons. The maximum atomic E-state index is 10.8. The number of oxazole rings is 1. The highest BCUT2D eigenvalue weighted by Gasteiger charge is 2.10. The van der Waals surface area contributed by atoms with Crippen molar-refractivity contribution in [2.45, 2.75) is 6.42 Å². The van der Waals surface area contributed by atoms with Crippen molar-refractivity contribution in [1.82, 2.24) is 4.98 Å². The molecule has 122 valence electrons. The Hall–Kier alpha value is -3.40. The average molecular weight is 329 g/mol. The summed E-state index contributed by atoms with van der Waals surface area (Å²) >= 11 is 0. The minimum Gasteiger partial charge on any atom is -0.481 e. The van der Waals surface area contributed by atoms with E-state index in [0.717, 1.165) is 33.4 Å². The zero-order valence-electron chi connectivity index (χ0n) is 13.3. The Labute approximate surface area is 144 Å². The van der Waals surface area contributed by atoms with E-state index in [9.17, 15) is 4.79 Å². The van der Waals surface area contributed by atoms with Crippen molar-refractivity contribution in [1.29, 1.82) is 0 Å². The van der Waals surface area contributed by atoms with Crippen LogP contribution in [0.2, 0.25) is 0 Å². The molecule has 4 aromatic rings. The average Bonchev–Trinajstić information content (AvgIpc) is 3.06. The van der Waals surface area contributed by atoms with E-state index < -0.39 is 5.97 Å². The van der Waals surface area contributed by atoms with Gasteiger partial charge in [0.05, 0.1) is 6.42 Å². The lowest BCUT2D eigenvalue weighted by molar-refractivity contribution is -0.136. The third-order valence-corrected chi connectivity index (χ3v) is 4.05. The van der Waals surface area contributed by atoms with Crippen molar-refractivity contribution in [2.24, 2.45) is 0 Å². The lowest BCUT2D eigenvalue weighted by Gasteiger charge is -1.99. The van der Waals surface area contributed by atoms with Crippen molar-refractivity contribution in [2.75, 3.05) is 0 Å². The second kappa shape index (κ2) is 6.24. The zero-order valence-corrected chi connectivity index (χ0v) is 13.3. The van der Waals surface area contributed by atoms with E-state index in [1.165, 1.54) is 0 Å². The summed E-state index contributed by atoms with van der Waals surface area (Å²) < 4.78 is 5.84. The third-order valence-electron chi connectivity index (χ3n) is 4.05. The number of carbonyl (C=O) groups is 1. The lowest BCUT2D eigenvalue weighted by Crippen LogP contribution is -1.99. The normalized spacial score (nSPS) is 10.9. The second-order valence-electron chi connectivity index (χ2n) is 5.83. The van der Waals surface area contributed by atoms with Crippen LogP contribution in [0.25, 0.3) is 33.7 Å². The van der Waals surface area contributed by atoms with Crippen LogP contribution >= 0.6 is 0 Å². The van der Waals surface area contributed by atoms with Gasteiger partial charge in [0, 0.05) is 5.56 Å². The van der Waals surface area contributed by atoms with Gasteiger partial charge in [-0.2, -0.15) is 0 Å². The maximum absolute atomic E-state index is 10.8. The van der Waals surface area contributed by atoms with Crippen LogP contribution < -0.4 is 0 Å². The van der Waals surface area contributed by atoms with E-state index in [1.54, 1.807) is 12.1 Å². The van der Waals surface area contributed by atoms with Crippen LogP contribution in [-0.4, -0.2) is 16.1 Å². The largest absolute Gasteiger partial charge is 0.481 e. The topological polar surface area (TPSA) is 63.3 Å². The van der Waals surface area contributed by atoms with Gasteiger partial charge in [-0.25, -0.2) is 4.98 Å². The van der Waals surface area contributed by atoms with Gasteiger partial charge >= 0.3 is 5.97 Å².